The fraction of sp³-hybridized carbons (Fsp3) is 0.455. The van der Waals surface area contributed by atoms with Gasteiger partial charge >= 0.3 is 0 Å². The topological polar surface area (TPSA) is 38.5 Å². The van der Waals surface area contributed by atoms with E-state index < -0.39 is 0 Å². The molecule has 0 aliphatic carbocycles. The molecule has 0 spiro atoms. The van der Waals surface area contributed by atoms with Crippen LogP contribution < -0.4 is 10.5 Å². The number of thioether (sulfide) groups is 1. The van der Waals surface area contributed by atoms with Gasteiger partial charge in [-0.25, -0.2) is 0 Å². The maximum absolute atomic E-state index is 5.87. The van der Waals surface area contributed by atoms with Crippen LogP contribution in [0.25, 0.3) is 0 Å². The summed E-state index contributed by atoms with van der Waals surface area (Å²) in [6.07, 6.45) is 0. The van der Waals surface area contributed by atoms with Gasteiger partial charge in [0.2, 0.25) is 0 Å². The first kappa shape index (κ1) is 12.2. The van der Waals surface area contributed by atoms with Gasteiger partial charge in [0.25, 0.3) is 0 Å². The normalized spacial score (nSPS) is 10.7. The third-order valence-electron chi connectivity index (χ3n) is 2.02. The Bertz CT molecular complexity index is 315. The lowest BCUT2D eigenvalue weighted by Gasteiger charge is -2.10. The molecule has 0 radical (unpaired) electrons. The van der Waals surface area contributed by atoms with Crippen LogP contribution in [0, 0.1) is 0 Å². The minimum Gasteiger partial charge on any atom is -0.497 e. The molecule has 2 N–H and O–H groups in total. The number of nitrogen functional groups attached to an aromatic ring is 1. The van der Waals surface area contributed by atoms with Crippen LogP contribution in [0.5, 0.6) is 5.75 Å². The molecule has 0 fully saturated rings. The second kappa shape index (κ2) is 5.88. The molecule has 84 valence electrons. The van der Waals surface area contributed by atoms with Crippen molar-refractivity contribution in [1.29, 1.82) is 0 Å². The van der Waals surface area contributed by atoms with Crippen molar-refractivity contribution in [3.63, 3.8) is 0 Å². The van der Waals surface area contributed by atoms with E-state index in [1.807, 2.05) is 18.2 Å². The number of methoxy groups -OCH3 is 1. The van der Waals surface area contributed by atoms with Crippen LogP contribution in [-0.4, -0.2) is 38.4 Å². The number of anilines is 1. The second-order valence-corrected chi connectivity index (χ2v) is 4.69. The monoisotopic (exact) mass is 226 g/mol. The lowest BCUT2D eigenvalue weighted by molar-refractivity contribution is 0.414. The van der Waals surface area contributed by atoms with E-state index in [4.69, 9.17) is 10.5 Å². The zero-order valence-electron chi connectivity index (χ0n) is 9.49. The molecule has 1 rings (SSSR count). The quantitative estimate of drug-likeness (QED) is 0.615. The minimum atomic E-state index is 0.819. The van der Waals surface area contributed by atoms with Crippen LogP contribution in [0.4, 0.5) is 5.69 Å². The number of rotatable bonds is 5. The summed E-state index contributed by atoms with van der Waals surface area (Å²) in [5.41, 5.74) is 6.69. The fourth-order valence-electron chi connectivity index (χ4n) is 1.10. The van der Waals surface area contributed by atoms with Gasteiger partial charge in [0.15, 0.2) is 0 Å². The van der Waals surface area contributed by atoms with Crippen LogP contribution in [0.3, 0.4) is 0 Å². The Balaban J connectivity index is 2.59. The third-order valence-corrected chi connectivity index (χ3v) is 3.07. The number of hydrogen-bond donors (Lipinski definition) is 1. The summed E-state index contributed by atoms with van der Waals surface area (Å²) in [5, 5.41) is 0. The second-order valence-electron chi connectivity index (χ2n) is 3.56. The van der Waals surface area contributed by atoms with Crippen molar-refractivity contribution in [2.24, 2.45) is 0 Å². The summed E-state index contributed by atoms with van der Waals surface area (Å²) in [4.78, 5) is 3.25. The molecule has 15 heavy (non-hydrogen) atoms. The fourth-order valence-corrected chi connectivity index (χ4v) is 2.22. The number of ether oxygens (including phenoxy) is 1. The van der Waals surface area contributed by atoms with Crippen molar-refractivity contribution < 1.29 is 4.74 Å². The van der Waals surface area contributed by atoms with Crippen LogP contribution >= 0.6 is 11.8 Å². The molecule has 0 aliphatic heterocycles. The Labute approximate surface area is 95.6 Å². The van der Waals surface area contributed by atoms with Crippen molar-refractivity contribution in [3.05, 3.63) is 18.2 Å². The van der Waals surface area contributed by atoms with Crippen LogP contribution in [0.15, 0.2) is 23.1 Å². The molecule has 0 saturated heterocycles. The van der Waals surface area contributed by atoms with E-state index in [0.29, 0.717) is 0 Å². The molecule has 1 aromatic rings. The van der Waals surface area contributed by atoms with Gasteiger partial charge in [-0.2, -0.15) is 0 Å². The highest BCUT2D eigenvalue weighted by molar-refractivity contribution is 7.99. The number of hydrogen-bond acceptors (Lipinski definition) is 4. The van der Waals surface area contributed by atoms with Crippen molar-refractivity contribution in [2.45, 2.75) is 4.90 Å². The molecule has 0 aliphatic rings. The standard InChI is InChI=1S/C11H18N2OS/c1-13(2)6-7-15-11-8-9(14-3)4-5-10(11)12/h4-5,8H,6-7,12H2,1-3H3. The van der Waals surface area contributed by atoms with Gasteiger partial charge in [-0.05, 0) is 32.3 Å². The van der Waals surface area contributed by atoms with E-state index in [0.717, 1.165) is 28.6 Å². The van der Waals surface area contributed by atoms with Gasteiger partial charge in [0.05, 0.1) is 7.11 Å². The van der Waals surface area contributed by atoms with Crippen LogP contribution in [0.1, 0.15) is 0 Å². The van der Waals surface area contributed by atoms with Crippen molar-refractivity contribution >= 4 is 17.4 Å². The van der Waals surface area contributed by atoms with Crippen molar-refractivity contribution in [3.8, 4) is 5.75 Å². The van der Waals surface area contributed by atoms with Crippen LogP contribution in [-0.2, 0) is 0 Å². The van der Waals surface area contributed by atoms with E-state index in [1.165, 1.54) is 0 Å². The van der Waals surface area contributed by atoms with Gasteiger partial charge in [-0.3, -0.25) is 0 Å². The molecule has 0 bridgehead atoms. The van der Waals surface area contributed by atoms with E-state index in [2.05, 4.69) is 19.0 Å². The van der Waals surface area contributed by atoms with Crippen molar-refractivity contribution in [1.82, 2.24) is 4.90 Å². The zero-order valence-corrected chi connectivity index (χ0v) is 10.3. The zero-order chi connectivity index (χ0) is 11.3. The van der Waals surface area contributed by atoms with E-state index in [1.54, 1.807) is 18.9 Å². The van der Waals surface area contributed by atoms with Gasteiger partial charge in [-0.1, -0.05) is 0 Å². The summed E-state index contributed by atoms with van der Waals surface area (Å²) >= 11 is 1.76. The molecule has 0 heterocycles. The number of nitrogens with two attached hydrogens (primary N) is 1. The van der Waals surface area contributed by atoms with Crippen molar-refractivity contribution in [2.75, 3.05) is 39.2 Å². The Kier molecular flexibility index (Phi) is 4.78. The predicted octanol–water partition coefficient (Wildman–Crippen LogP) is 1.93. The maximum Gasteiger partial charge on any atom is 0.120 e. The minimum absolute atomic E-state index is 0.819. The molecule has 0 unspecified atom stereocenters. The summed E-state index contributed by atoms with van der Waals surface area (Å²) in [7, 11) is 5.80. The lowest BCUT2D eigenvalue weighted by Crippen LogP contribution is -2.14. The maximum atomic E-state index is 5.87. The number of benzene rings is 1. The Hall–Kier alpha value is -0.870. The average molecular weight is 226 g/mol. The molecular weight excluding hydrogens is 208 g/mol. The van der Waals surface area contributed by atoms with E-state index in [-0.39, 0.29) is 0 Å². The molecule has 0 saturated carbocycles. The largest absolute Gasteiger partial charge is 0.497 e. The first-order valence-electron chi connectivity index (χ1n) is 4.84. The highest BCUT2D eigenvalue weighted by Gasteiger charge is 2.02. The summed E-state index contributed by atoms with van der Waals surface area (Å²) in [6.45, 7) is 1.04. The first-order valence-corrected chi connectivity index (χ1v) is 5.83. The molecular formula is C11H18N2OS. The average Bonchev–Trinajstić information content (AvgIpc) is 2.20. The molecule has 3 nitrogen and oxygen atoms in total. The molecule has 4 heteroatoms. The smallest absolute Gasteiger partial charge is 0.120 e. The summed E-state index contributed by atoms with van der Waals surface area (Å²) < 4.78 is 5.16. The van der Waals surface area contributed by atoms with E-state index >= 15 is 0 Å². The lowest BCUT2D eigenvalue weighted by atomic mass is 10.3. The van der Waals surface area contributed by atoms with Gasteiger partial charge in [0, 0.05) is 22.9 Å². The summed E-state index contributed by atoms with van der Waals surface area (Å²) in [6, 6.07) is 5.75. The van der Waals surface area contributed by atoms with E-state index in [9.17, 15) is 0 Å². The predicted molar refractivity (Wildman–Crippen MR) is 66.7 cm³/mol. The van der Waals surface area contributed by atoms with Gasteiger partial charge < -0.3 is 15.4 Å². The Morgan fingerprint density at radius 2 is 2.13 bits per heavy atom. The first-order chi connectivity index (χ1) is 7.13. The SMILES string of the molecule is COc1ccc(N)c(SCCN(C)C)c1. The number of nitrogens with zero attached hydrogens (tertiary/aromatic N) is 1. The van der Waals surface area contributed by atoms with Gasteiger partial charge in [-0.15, -0.1) is 11.8 Å². The molecule has 0 atom stereocenters. The third kappa shape index (κ3) is 4.01. The molecule has 0 aromatic heterocycles. The summed E-state index contributed by atoms with van der Waals surface area (Å²) in [5.74, 6) is 1.89. The Morgan fingerprint density at radius 3 is 2.73 bits per heavy atom. The highest BCUT2D eigenvalue weighted by Crippen LogP contribution is 2.28. The molecule has 0 amide bonds. The van der Waals surface area contributed by atoms with Gasteiger partial charge in [0.1, 0.15) is 5.75 Å². The molecule has 1 aromatic carbocycles. The highest BCUT2D eigenvalue weighted by atomic mass is 32.2. The van der Waals surface area contributed by atoms with Crippen LogP contribution in [0.2, 0.25) is 0 Å². The Morgan fingerprint density at radius 1 is 1.40 bits per heavy atom.